The molecule has 2 aliphatic carbocycles. The molecule has 0 fully saturated rings. The van der Waals surface area contributed by atoms with Crippen LogP contribution in [0.1, 0.15) is 61.0 Å². The molecule has 164 valence electrons. The number of rotatable bonds is 9. The van der Waals surface area contributed by atoms with E-state index in [2.05, 4.69) is 24.6 Å². The van der Waals surface area contributed by atoms with Gasteiger partial charge in [0.2, 0.25) is 10.0 Å². The fourth-order valence-electron chi connectivity index (χ4n) is 3.80. The van der Waals surface area contributed by atoms with Crippen molar-refractivity contribution < 1.29 is 18.3 Å². The van der Waals surface area contributed by atoms with E-state index < -0.39 is 16.0 Å². The molecule has 0 radical (unpaired) electrons. The average molecular weight is 440 g/mol. The topological polar surface area (TPSA) is 83.5 Å². The van der Waals surface area contributed by atoms with E-state index in [1.165, 1.54) is 0 Å². The van der Waals surface area contributed by atoms with E-state index >= 15 is 0 Å². The average Bonchev–Trinajstić information content (AvgIpc) is 2.91. The third-order valence-electron chi connectivity index (χ3n) is 5.52. The molecular formula is C25H29NO4S. The summed E-state index contributed by atoms with van der Waals surface area (Å²) < 4.78 is 27.7. The van der Waals surface area contributed by atoms with Crippen molar-refractivity contribution in [2.24, 2.45) is 0 Å². The maximum Gasteiger partial charge on any atom is 0.336 e. The smallest absolute Gasteiger partial charge is 0.336 e. The van der Waals surface area contributed by atoms with Crippen molar-refractivity contribution in [2.75, 3.05) is 0 Å². The molecule has 2 aliphatic rings. The predicted molar refractivity (Wildman–Crippen MR) is 123 cm³/mol. The van der Waals surface area contributed by atoms with Crippen LogP contribution in [0.15, 0.2) is 65.6 Å². The second kappa shape index (κ2) is 9.62. The highest BCUT2D eigenvalue weighted by Gasteiger charge is 2.20. The number of aryl methyl sites for hydroxylation is 1. The fourth-order valence-corrected chi connectivity index (χ4v) is 5.10. The third-order valence-corrected chi connectivity index (χ3v) is 7.13. The van der Waals surface area contributed by atoms with Crippen LogP contribution in [0.4, 0.5) is 0 Å². The molecule has 0 amide bonds. The van der Waals surface area contributed by atoms with Crippen molar-refractivity contribution in [3.63, 3.8) is 0 Å². The summed E-state index contributed by atoms with van der Waals surface area (Å²) >= 11 is 0. The van der Waals surface area contributed by atoms with E-state index in [9.17, 15) is 18.3 Å². The van der Waals surface area contributed by atoms with Crippen LogP contribution in [-0.2, 0) is 16.4 Å². The zero-order chi connectivity index (χ0) is 22.6. The van der Waals surface area contributed by atoms with Gasteiger partial charge in [-0.3, -0.25) is 0 Å². The van der Waals surface area contributed by atoms with Crippen molar-refractivity contribution in [3.8, 4) is 11.1 Å². The largest absolute Gasteiger partial charge is 0.478 e. The van der Waals surface area contributed by atoms with Crippen molar-refractivity contribution >= 4 is 16.0 Å². The Hall–Kier alpha value is -2.70. The number of nitrogens with one attached hydrogen (secondary N) is 1. The monoisotopic (exact) mass is 439 g/mol. The molecule has 0 heterocycles. The van der Waals surface area contributed by atoms with Gasteiger partial charge in [0.05, 0.1) is 10.5 Å². The number of hydrogen-bond donors (Lipinski definition) is 2. The molecule has 0 bridgehead atoms. The number of hydrogen-bond acceptors (Lipinski definition) is 3. The highest BCUT2D eigenvalue weighted by Crippen LogP contribution is 2.34. The zero-order valence-corrected chi connectivity index (χ0v) is 18.9. The Kier molecular flexibility index (Phi) is 7.13. The summed E-state index contributed by atoms with van der Waals surface area (Å²) in [6, 6.07) is 17.8. The van der Waals surface area contributed by atoms with E-state index in [4.69, 9.17) is 0 Å². The fraction of sp³-hybridized carbons (Fsp3) is 0.320. The first kappa shape index (κ1) is 23.0. The summed E-state index contributed by atoms with van der Waals surface area (Å²) in [5.74, 6) is -0.579. The Labute approximate surface area is 184 Å². The van der Waals surface area contributed by atoms with Gasteiger partial charge in [0, 0.05) is 6.04 Å². The second-order valence-electron chi connectivity index (χ2n) is 8.26. The highest BCUT2D eigenvalue weighted by atomic mass is 32.2. The summed E-state index contributed by atoms with van der Waals surface area (Å²) in [6.07, 6.45) is 2.08. The molecule has 1 aromatic carbocycles. The lowest BCUT2D eigenvalue weighted by Gasteiger charge is -2.14. The number of carbonyl (C=O) groups is 1. The second-order valence-corrected chi connectivity index (χ2v) is 9.98. The molecule has 2 N–H and O–H groups in total. The van der Waals surface area contributed by atoms with Crippen molar-refractivity contribution in [2.45, 2.75) is 56.9 Å². The lowest BCUT2D eigenvalue weighted by Crippen LogP contribution is -2.32. The first-order valence-corrected chi connectivity index (χ1v) is 12.0. The van der Waals surface area contributed by atoms with Gasteiger partial charge in [-0.25, -0.2) is 17.9 Å². The van der Waals surface area contributed by atoms with Crippen molar-refractivity contribution in [3.05, 3.63) is 77.4 Å². The van der Waals surface area contributed by atoms with Crippen molar-refractivity contribution in [1.82, 2.24) is 4.72 Å². The molecule has 0 saturated heterocycles. The number of carboxylic acid groups (broad SMARTS) is 1. The molecule has 5 nitrogen and oxygen atoms in total. The van der Waals surface area contributed by atoms with E-state index in [-0.39, 0.29) is 10.9 Å². The van der Waals surface area contributed by atoms with Gasteiger partial charge >= 0.3 is 5.97 Å². The van der Waals surface area contributed by atoms with E-state index in [0.29, 0.717) is 24.3 Å². The van der Waals surface area contributed by atoms with Crippen LogP contribution < -0.4 is 4.72 Å². The van der Waals surface area contributed by atoms with Gasteiger partial charge in [0.15, 0.2) is 0 Å². The Morgan fingerprint density at radius 1 is 0.968 bits per heavy atom. The van der Waals surface area contributed by atoms with E-state index in [1.54, 1.807) is 36.4 Å². The van der Waals surface area contributed by atoms with Crippen LogP contribution in [0.5, 0.6) is 0 Å². The lowest BCUT2D eigenvalue weighted by molar-refractivity contribution is 0.0698. The lowest BCUT2D eigenvalue weighted by atomic mass is 10.0. The molecule has 0 aliphatic heterocycles. The zero-order valence-electron chi connectivity index (χ0n) is 18.1. The van der Waals surface area contributed by atoms with Crippen LogP contribution >= 0.6 is 0 Å². The number of fused-ring (bicyclic) bond motifs is 1. The number of carboxylic acids is 1. The third kappa shape index (κ3) is 5.51. The summed E-state index contributed by atoms with van der Waals surface area (Å²) in [7, 11) is -3.55. The molecule has 3 rings (SSSR count). The maximum atomic E-state index is 12.5. The first-order valence-electron chi connectivity index (χ1n) is 10.5. The number of sulfonamides is 1. The van der Waals surface area contributed by atoms with E-state index in [0.717, 1.165) is 28.7 Å². The number of benzene rings is 1. The summed E-state index contributed by atoms with van der Waals surface area (Å²) in [4.78, 5) is 12.0. The van der Waals surface area contributed by atoms with Crippen LogP contribution in [0.3, 0.4) is 0 Å². The molecule has 0 unspecified atom stereocenters. The van der Waals surface area contributed by atoms with Crippen LogP contribution in [0, 0.1) is 0 Å². The van der Waals surface area contributed by atoms with Crippen LogP contribution in [0.2, 0.25) is 0 Å². The predicted octanol–water partition coefficient (Wildman–Crippen LogP) is 5.30. The van der Waals surface area contributed by atoms with Gasteiger partial charge in [-0.2, -0.15) is 0 Å². The first-order chi connectivity index (χ1) is 14.7. The SMILES string of the molecule is CC(C)c1ccc2c(CCC[C@@H](C)NS(=O)(=O)c3ccccc3)cc(C(=O)O)c-2cc1. The van der Waals surface area contributed by atoms with Gasteiger partial charge in [-0.05, 0) is 72.6 Å². The van der Waals surface area contributed by atoms with Gasteiger partial charge < -0.3 is 5.11 Å². The van der Waals surface area contributed by atoms with Crippen molar-refractivity contribution in [1.29, 1.82) is 0 Å². The maximum absolute atomic E-state index is 12.5. The molecule has 0 aromatic heterocycles. The Morgan fingerprint density at radius 2 is 1.61 bits per heavy atom. The standard InChI is InChI=1S/C25H29NO4S/c1-17(2)19-12-14-22-20(16-24(25(27)28)23(22)15-13-19)9-7-8-18(3)26-31(29,30)21-10-5-4-6-11-21/h4-6,10-18,26H,7-9H2,1-3H3,(H,27,28)/t18-/m1/s1. The van der Waals surface area contributed by atoms with E-state index in [1.807, 2.05) is 25.1 Å². The van der Waals surface area contributed by atoms with Gasteiger partial charge in [0.25, 0.3) is 0 Å². The van der Waals surface area contributed by atoms with Crippen LogP contribution in [0.25, 0.3) is 11.1 Å². The minimum atomic E-state index is -3.55. The Morgan fingerprint density at radius 3 is 2.23 bits per heavy atom. The summed E-state index contributed by atoms with van der Waals surface area (Å²) in [6.45, 7) is 6.06. The highest BCUT2D eigenvalue weighted by molar-refractivity contribution is 7.89. The minimum absolute atomic E-state index is 0.228. The molecular weight excluding hydrogens is 410 g/mol. The molecule has 1 atom stereocenters. The molecule has 0 spiro atoms. The van der Waals surface area contributed by atoms with Gasteiger partial charge in [0.1, 0.15) is 0 Å². The minimum Gasteiger partial charge on any atom is -0.478 e. The summed E-state index contributed by atoms with van der Waals surface area (Å²) in [5.41, 5.74) is 4.14. The van der Waals surface area contributed by atoms with Gasteiger partial charge in [-0.1, -0.05) is 56.3 Å². The normalized spacial score (nSPS) is 12.9. The Balaban J connectivity index is 1.71. The quantitative estimate of drug-likeness (QED) is 0.474. The molecule has 0 saturated carbocycles. The summed E-state index contributed by atoms with van der Waals surface area (Å²) in [5, 5.41) is 9.63. The molecule has 6 heteroatoms. The van der Waals surface area contributed by atoms with Gasteiger partial charge in [-0.15, -0.1) is 0 Å². The Bertz CT molecular complexity index is 1120. The molecule has 1 aromatic rings. The number of aromatic carboxylic acids is 1. The van der Waals surface area contributed by atoms with Crippen LogP contribution in [-0.4, -0.2) is 25.5 Å². The molecule has 31 heavy (non-hydrogen) atoms.